The van der Waals surface area contributed by atoms with E-state index < -0.39 is 16.1 Å². The molecule has 0 saturated heterocycles. The highest BCUT2D eigenvalue weighted by Gasteiger charge is 2.21. The standard InChI is InChI=1S/C5H13N3O3S/c1-4(5(6)7-9)8(2)12(3,10)11/h4,9H,1-3H3,(H2,6,7). The van der Waals surface area contributed by atoms with Crippen molar-refractivity contribution in [3.63, 3.8) is 0 Å². The maximum Gasteiger partial charge on any atom is 0.211 e. The van der Waals surface area contributed by atoms with Gasteiger partial charge in [-0.15, -0.1) is 0 Å². The molecule has 0 bridgehead atoms. The van der Waals surface area contributed by atoms with Crippen molar-refractivity contribution >= 4 is 15.9 Å². The molecule has 0 aliphatic heterocycles. The van der Waals surface area contributed by atoms with Crippen LogP contribution in [0.3, 0.4) is 0 Å². The van der Waals surface area contributed by atoms with Crippen LogP contribution < -0.4 is 5.73 Å². The van der Waals surface area contributed by atoms with Crippen molar-refractivity contribution in [3.8, 4) is 0 Å². The molecule has 0 aromatic heterocycles. The van der Waals surface area contributed by atoms with Crippen molar-refractivity contribution in [3.05, 3.63) is 0 Å². The quantitative estimate of drug-likeness (QED) is 0.261. The van der Waals surface area contributed by atoms with Crippen LogP contribution in [0, 0.1) is 0 Å². The zero-order chi connectivity index (χ0) is 9.94. The summed E-state index contributed by atoms with van der Waals surface area (Å²) in [6.45, 7) is 1.52. The zero-order valence-electron chi connectivity index (χ0n) is 7.22. The van der Waals surface area contributed by atoms with Crippen molar-refractivity contribution in [1.82, 2.24) is 4.31 Å². The predicted molar refractivity (Wildman–Crippen MR) is 45.5 cm³/mol. The molecule has 0 aliphatic carbocycles. The van der Waals surface area contributed by atoms with Gasteiger partial charge in [0.25, 0.3) is 0 Å². The fourth-order valence-electron chi connectivity index (χ4n) is 0.557. The lowest BCUT2D eigenvalue weighted by atomic mass is 10.3. The van der Waals surface area contributed by atoms with Gasteiger partial charge < -0.3 is 10.9 Å². The molecule has 72 valence electrons. The summed E-state index contributed by atoms with van der Waals surface area (Å²) in [7, 11) is -1.94. The highest BCUT2D eigenvalue weighted by atomic mass is 32.2. The van der Waals surface area contributed by atoms with Gasteiger partial charge >= 0.3 is 0 Å². The minimum atomic E-state index is -3.30. The van der Waals surface area contributed by atoms with E-state index in [4.69, 9.17) is 10.9 Å². The van der Waals surface area contributed by atoms with Crippen LogP contribution in [0.15, 0.2) is 5.16 Å². The second kappa shape index (κ2) is 3.72. The first-order valence-electron chi connectivity index (χ1n) is 3.21. The van der Waals surface area contributed by atoms with Gasteiger partial charge in [-0.1, -0.05) is 5.16 Å². The van der Waals surface area contributed by atoms with Gasteiger partial charge in [-0.25, -0.2) is 8.42 Å². The average molecular weight is 195 g/mol. The summed E-state index contributed by atoms with van der Waals surface area (Å²) in [4.78, 5) is 0. The first-order valence-corrected chi connectivity index (χ1v) is 5.06. The normalized spacial score (nSPS) is 16.5. The highest BCUT2D eigenvalue weighted by Crippen LogP contribution is 2.00. The first-order chi connectivity index (χ1) is 5.30. The van der Waals surface area contributed by atoms with Crippen molar-refractivity contribution < 1.29 is 13.6 Å². The van der Waals surface area contributed by atoms with Crippen LogP contribution in [0.4, 0.5) is 0 Å². The average Bonchev–Trinajstić information content (AvgIpc) is 1.98. The third-order valence-corrected chi connectivity index (χ3v) is 2.97. The Balaban J connectivity index is 4.63. The molecule has 12 heavy (non-hydrogen) atoms. The predicted octanol–water partition coefficient (Wildman–Crippen LogP) is -0.987. The van der Waals surface area contributed by atoms with Crippen LogP contribution in [0.5, 0.6) is 0 Å². The SMILES string of the molecule is CC(C(N)=NO)N(C)S(C)(=O)=O. The van der Waals surface area contributed by atoms with E-state index in [0.29, 0.717) is 0 Å². The van der Waals surface area contributed by atoms with Crippen LogP contribution >= 0.6 is 0 Å². The number of oxime groups is 1. The Morgan fingerprint density at radius 3 is 2.33 bits per heavy atom. The molecule has 0 heterocycles. The molecule has 1 atom stereocenters. The first kappa shape index (κ1) is 11.2. The maximum atomic E-state index is 10.9. The minimum absolute atomic E-state index is 0.136. The molecule has 0 fully saturated rings. The van der Waals surface area contributed by atoms with E-state index in [2.05, 4.69) is 5.16 Å². The van der Waals surface area contributed by atoms with Crippen molar-refractivity contribution in [1.29, 1.82) is 0 Å². The fourth-order valence-corrected chi connectivity index (χ4v) is 1.24. The molecule has 0 aromatic carbocycles. The summed E-state index contributed by atoms with van der Waals surface area (Å²) >= 11 is 0. The molecule has 3 N–H and O–H groups in total. The van der Waals surface area contributed by atoms with Gasteiger partial charge in [0.05, 0.1) is 12.3 Å². The lowest BCUT2D eigenvalue weighted by Crippen LogP contribution is -2.43. The Morgan fingerprint density at radius 2 is 2.08 bits per heavy atom. The Labute approximate surface area is 71.7 Å². The van der Waals surface area contributed by atoms with Crippen LogP contribution in [0.25, 0.3) is 0 Å². The van der Waals surface area contributed by atoms with Gasteiger partial charge in [0.2, 0.25) is 10.0 Å². The maximum absolute atomic E-state index is 10.9. The van der Waals surface area contributed by atoms with Gasteiger partial charge in [-0.2, -0.15) is 4.31 Å². The van der Waals surface area contributed by atoms with Crippen LogP contribution in [-0.4, -0.2) is 43.1 Å². The Hall–Kier alpha value is -0.820. The lowest BCUT2D eigenvalue weighted by Gasteiger charge is -2.20. The number of sulfonamides is 1. The van der Waals surface area contributed by atoms with E-state index in [1.54, 1.807) is 0 Å². The van der Waals surface area contributed by atoms with Crippen LogP contribution in [0.2, 0.25) is 0 Å². The molecule has 0 saturated carbocycles. The number of rotatable bonds is 3. The summed E-state index contributed by atoms with van der Waals surface area (Å²) < 4.78 is 22.9. The van der Waals surface area contributed by atoms with Crippen LogP contribution in [-0.2, 0) is 10.0 Å². The van der Waals surface area contributed by atoms with Gasteiger partial charge in [-0.05, 0) is 6.92 Å². The molecule has 0 amide bonds. The highest BCUT2D eigenvalue weighted by molar-refractivity contribution is 7.88. The number of likely N-dealkylation sites (N-methyl/N-ethyl adjacent to an activating group) is 1. The molecule has 1 unspecified atom stereocenters. The van der Waals surface area contributed by atoms with E-state index in [-0.39, 0.29) is 5.84 Å². The van der Waals surface area contributed by atoms with E-state index in [0.717, 1.165) is 10.6 Å². The number of nitrogens with two attached hydrogens (primary N) is 1. The molecule has 6 nitrogen and oxygen atoms in total. The van der Waals surface area contributed by atoms with Gasteiger partial charge in [-0.3, -0.25) is 0 Å². The van der Waals surface area contributed by atoms with Crippen molar-refractivity contribution in [2.45, 2.75) is 13.0 Å². The second-order valence-corrected chi connectivity index (χ2v) is 4.52. The lowest BCUT2D eigenvalue weighted by molar-refractivity contribution is 0.311. The van der Waals surface area contributed by atoms with E-state index in [9.17, 15) is 8.42 Å². The monoisotopic (exact) mass is 195 g/mol. The van der Waals surface area contributed by atoms with Gasteiger partial charge in [0, 0.05) is 7.05 Å². The van der Waals surface area contributed by atoms with Crippen molar-refractivity contribution in [2.75, 3.05) is 13.3 Å². The van der Waals surface area contributed by atoms with E-state index >= 15 is 0 Å². The van der Waals surface area contributed by atoms with Crippen molar-refractivity contribution in [2.24, 2.45) is 10.9 Å². The molecule has 0 spiro atoms. The second-order valence-electron chi connectivity index (χ2n) is 2.48. The summed E-state index contributed by atoms with van der Waals surface area (Å²) in [6.07, 6.45) is 1.05. The largest absolute Gasteiger partial charge is 0.409 e. The van der Waals surface area contributed by atoms with Gasteiger partial charge in [0.15, 0.2) is 5.84 Å². The number of nitrogens with zero attached hydrogens (tertiary/aromatic N) is 2. The molecule has 7 heteroatoms. The molecular weight excluding hydrogens is 182 g/mol. The Bertz CT molecular complexity index is 272. The van der Waals surface area contributed by atoms with Gasteiger partial charge in [0.1, 0.15) is 0 Å². The third-order valence-electron chi connectivity index (χ3n) is 1.61. The third kappa shape index (κ3) is 2.67. The summed E-state index contributed by atoms with van der Waals surface area (Å²) in [5, 5.41) is 11.0. The number of hydrogen-bond acceptors (Lipinski definition) is 4. The summed E-state index contributed by atoms with van der Waals surface area (Å²) in [6, 6.07) is -0.634. The molecule has 0 rings (SSSR count). The minimum Gasteiger partial charge on any atom is -0.409 e. The van der Waals surface area contributed by atoms with E-state index in [1.165, 1.54) is 14.0 Å². The summed E-state index contributed by atoms with van der Waals surface area (Å²) in [5.74, 6) is -0.136. The Morgan fingerprint density at radius 1 is 1.67 bits per heavy atom. The Kier molecular flexibility index (Phi) is 3.47. The number of hydrogen-bond donors (Lipinski definition) is 2. The topological polar surface area (TPSA) is 96.0 Å². The molecule has 0 aromatic rings. The smallest absolute Gasteiger partial charge is 0.211 e. The zero-order valence-corrected chi connectivity index (χ0v) is 8.04. The van der Waals surface area contributed by atoms with Crippen LogP contribution in [0.1, 0.15) is 6.92 Å². The molecule has 0 aliphatic rings. The molecular formula is C5H13N3O3S. The van der Waals surface area contributed by atoms with E-state index in [1.807, 2.05) is 0 Å². The fraction of sp³-hybridized carbons (Fsp3) is 0.800. The number of amidine groups is 1. The summed E-state index contributed by atoms with van der Waals surface area (Å²) in [5.41, 5.74) is 5.21. The molecule has 0 radical (unpaired) electrons.